The van der Waals surface area contributed by atoms with Crippen molar-refractivity contribution < 1.29 is 29.0 Å². The fraction of sp³-hybridized carbons (Fsp3) is 0.333. The molecule has 2 N–H and O–H groups in total. The van der Waals surface area contributed by atoms with Crippen LogP contribution in [0.2, 0.25) is 18.6 Å². The highest BCUT2D eigenvalue weighted by Gasteiger charge is 2.66. The van der Waals surface area contributed by atoms with E-state index >= 15 is 4.79 Å². The van der Waals surface area contributed by atoms with Crippen molar-refractivity contribution in [2.75, 3.05) is 23.5 Å². The Morgan fingerprint density at radius 1 is 1.00 bits per heavy atom. The molecule has 11 nitrogen and oxygen atoms in total. The van der Waals surface area contributed by atoms with Gasteiger partial charge in [0, 0.05) is 53.9 Å². The van der Waals surface area contributed by atoms with Gasteiger partial charge in [0.2, 0.25) is 0 Å². The minimum absolute atomic E-state index is 0.0101. The number of aliphatic hydroxyl groups is 1. The molecule has 12 heteroatoms. The second kappa shape index (κ2) is 12.4. The van der Waals surface area contributed by atoms with Gasteiger partial charge in [0.05, 0.1) is 42.4 Å². The molecule has 1 aromatic heterocycles. The van der Waals surface area contributed by atoms with Crippen LogP contribution in [0.15, 0.2) is 85.1 Å². The number of rotatable bonds is 10. The molecule has 2 amide bonds. The quantitative estimate of drug-likeness (QED) is 0.177. The predicted molar refractivity (Wildman–Crippen MR) is 196 cm³/mol. The molecule has 0 bridgehead atoms. The third-order valence-corrected chi connectivity index (χ3v) is 13.4. The average Bonchev–Trinajstić information content (AvgIpc) is 3.83. The van der Waals surface area contributed by atoms with Crippen molar-refractivity contribution in [1.82, 2.24) is 15.0 Å². The van der Waals surface area contributed by atoms with E-state index in [4.69, 9.17) is 9.47 Å². The first-order valence-corrected chi connectivity index (χ1v) is 20.4. The van der Waals surface area contributed by atoms with Crippen molar-refractivity contribution in [3.05, 3.63) is 107 Å². The zero-order chi connectivity index (χ0) is 35.7. The van der Waals surface area contributed by atoms with Gasteiger partial charge in [-0.1, -0.05) is 48.5 Å². The molecule has 0 aliphatic carbocycles. The van der Waals surface area contributed by atoms with Gasteiger partial charge in [0.15, 0.2) is 13.9 Å². The molecule has 8 rings (SSSR count). The van der Waals surface area contributed by atoms with Gasteiger partial charge in [-0.25, -0.2) is 0 Å². The van der Waals surface area contributed by atoms with Crippen LogP contribution in [-0.2, 0) is 34.6 Å². The normalized spacial score (nSPS) is 22.5. The summed E-state index contributed by atoms with van der Waals surface area (Å²) in [5.74, 6) is 0.00568. The molecule has 0 unspecified atom stereocenters. The van der Waals surface area contributed by atoms with E-state index in [2.05, 4.69) is 10.3 Å². The predicted octanol–water partition coefficient (Wildman–Crippen LogP) is 5.70. The van der Waals surface area contributed by atoms with E-state index in [1.165, 1.54) is 0 Å². The molecule has 262 valence electrons. The Morgan fingerprint density at radius 3 is 2.55 bits per heavy atom. The molecule has 0 radical (unpaired) electrons. The summed E-state index contributed by atoms with van der Waals surface area (Å²) < 4.78 is 14.4. The second-order valence-corrected chi connectivity index (χ2v) is 18.3. The summed E-state index contributed by atoms with van der Waals surface area (Å²) in [5, 5.41) is 19.6. The standard InChI is InChI=1S/C39H41N5O6Si/c1-24-36(51(3,4)48)34(16-18-42-23-27(17-19-45)40-41-42)50-39(24)31-21-29(49-2)14-15-32(31)43(38(39)47)22-25-8-5-11-28(20-25)44-33-13-7-10-26-9-6-12-30(35(26)33)37(44)46/h5-15,20-21,23-24,34,36,45,48H,16-19,22H2,1-4H3/t24-,34+,36-,39+/m1/s1. The lowest BCUT2D eigenvalue weighted by Gasteiger charge is -2.32. The van der Waals surface area contributed by atoms with Crippen molar-refractivity contribution in [1.29, 1.82) is 0 Å². The molecular weight excluding hydrogens is 663 g/mol. The number of aryl methyl sites for hydroxylation is 1. The molecule has 4 heterocycles. The number of fused-ring (bicyclic) bond motifs is 2. The Hall–Kier alpha value is -4.88. The number of ether oxygens (including phenoxy) is 2. The second-order valence-electron chi connectivity index (χ2n) is 14.4. The smallest absolute Gasteiger partial charge is 0.264 e. The van der Waals surface area contributed by atoms with Crippen LogP contribution in [0.1, 0.15) is 40.5 Å². The van der Waals surface area contributed by atoms with E-state index in [1.807, 2.05) is 105 Å². The van der Waals surface area contributed by atoms with Gasteiger partial charge in [-0.3, -0.25) is 19.2 Å². The zero-order valence-corrected chi connectivity index (χ0v) is 30.1. The van der Waals surface area contributed by atoms with Crippen molar-refractivity contribution in [2.24, 2.45) is 5.92 Å². The summed E-state index contributed by atoms with van der Waals surface area (Å²) in [6.45, 7) is 6.56. The summed E-state index contributed by atoms with van der Waals surface area (Å²) in [6, 6.07) is 25.2. The van der Waals surface area contributed by atoms with E-state index in [9.17, 15) is 14.7 Å². The van der Waals surface area contributed by atoms with Crippen LogP contribution in [0.5, 0.6) is 5.75 Å². The minimum atomic E-state index is -2.88. The van der Waals surface area contributed by atoms with Crippen LogP contribution >= 0.6 is 0 Å². The number of hydrogen-bond donors (Lipinski definition) is 2. The summed E-state index contributed by atoms with van der Waals surface area (Å²) in [7, 11) is -1.28. The van der Waals surface area contributed by atoms with Gasteiger partial charge < -0.3 is 24.3 Å². The van der Waals surface area contributed by atoms with Gasteiger partial charge in [0.1, 0.15) is 5.75 Å². The number of amides is 2. The molecule has 4 aromatic carbocycles. The Kier molecular flexibility index (Phi) is 8.10. The van der Waals surface area contributed by atoms with E-state index < -0.39 is 20.0 Å². The topological polar surface area (TPSA) is 130 Å². The van der Waals surface area contributed by atoms with Gasteiger partial charge in [-0.05, 0) is 72.9 Å². The van der Waals surface area contributed by atoms with Crippen LogP contribution in [-0.4, -0.2) is 64.8 Å². The number of aliphatic hydroxyl groups excluding tert-OH is 1. The summed E-state index contributed by atoms with van der Waals surface area (Å²) in [5.41, 5.74) is 3.67. The monoisotopic (exact) mass is 703 g/mol. The number of carbonyl (C=O) groups is 2. The van der Waals surface area contributed by atoms with Crippen LogP contribution in [0.3, 0.4) is 0 Å². The molecule has 1 fully saturated rings. The third kappa shape index (κ3) is 5.27. The Labute approximate surface area is 297 Å². The number of carbonyl (C=O) groups excluding carboxylic acids is 2. The average molecular weight is 704 g/mol. The maximum Gasteiger partial charge on any atom is 0.264 e. The van der Waals surface area contributed by atoms with Crippen LogP contribution in [0.25, 0.3) is 10.8 Å². The van der Waals surface area contributed by atoms with Gasteiger partial charge in [-0.15, -0.1) is 5.10 Å². The van der Waals surface area contributed by atoms with Crippen LogP contribution in [0, 0.1) is 5.92 Å². The summed E-state index contributed by atoms with van der Waals surface area (Å²) in [4.78, 5) is 44.0. The highest BCUT2D eigenvalue weighted by molar-refractivity contribution is 6.71. The van der Waals surface area contributed by atoms with Crippen molar-refractivity contribution >= 4 is 48.0 Å². The molecule has 3 aliphatic heterocycles. The molecule has 0 saturated carbocycles. The maximum atomic E-state index is 15.0. The lowest BCUT2D eigenvalue weighted by atomic mass is 9.82. The number of hydrogen-bond acceptors (Lipinski definition) is 8. The number of methoxy groups -OCH3 is 1. The third-order valence-electron chi connectivity index (χ3n) is 10.9. The first-order chi connectivity index (χ1) is 24.5. The highest BCUT2D eigenvalue weighted by atomic mass is 28.4. The number of anilines is 3. The fourth-order valence-corrected chi connectivity index (χ4v) is 11.3. The number of aromatic nitrogens is 3. The minimum Gasteiger partial charge on any atom is -0.497 e. The molecule has 4 atom stereocenters. The Morgan fingerprint density at radius 2 is 1.78 bits per heavy atom. The van der Waals surface area contributed by atoms with E-state index in [1.54, 1.807) is 21.6 Å². The Balaban J connectivity index is 1.13. The van der Waals surface area contributed by atoms with Gasteiger partial charge in [0.25, 0.3) is 11.8 Å². The Bertz CT molecular complexity index is 2180. The van der Waals surface area contributed by atoms with E-state index in [0.29, 0.717) is 36.4 Å². The maximum absolute atomic E-state index is 15.0. The SMILES string of the molecule is COc1ccc2c(c1)[C@]1(O[C@@H](CCn3cc(CCO)nn3)[C@H]([Si](C)(C)O)[C@H]1C)C(=O)N2Cc1cccc(N2C(=O)c3cccc4cccc2c34)c1. The molecule has 1 saturated heterocycles. The summed E-state index contributed by atoms with van der Waals surface area (Å²) in [6.07, 6.45) is 2.33. The van der Waals surface area contributed by atoms with Crippen LogP contribution in [0.4, 0.5) is 17.1 Å². The van der Waals surface area contributed by atoms with Gasteiger partial charge >= 0.3 is 0 Å². The van der Waals surface area contributed by atoms with Crippen LogP contribution < -0.4 is 14.5 Å². The van der Waals surface area contributed by atoms with E-state index in [0.717, 1.165) is 39.0 Å². The number of nitrogens with zero attached hydrogens (tertiary/aromatic N) is 5. The molecule has 51 heavy (non-hydrogen) atoms. The highest BCUT2D eigenvalue weighted by Crippen LogP contribution is 2.60. The van der Waals surface area contributed by atoms with Crippen molar-refractivity contribution in [3.63, 3.8) is 0 Å². The fourth-order valence-electron chi connectivity index (χ4n) is 8.70. The first kappa shape index (κ1) is 33.3. The van der Waals surface area contributed by atoms with Crippen molar-refractivity contribution in [2.45, 2.75) is 63.2 Å². The molecular formula is C39H41N5O6Si. The van der Waals surface area contributed by atoms with Gasteiger partial charge in [-0.2, -0.15) is 0 Å². The van der Waals surface area contributed by atoms with Crippen molar-refractivity contribution in [3.8, 4) is 5.75 Å². The zero-order valence-electron chi connectivity index (χ0n) is 29.1. The van der Waals surface area contributed by atoms with E-state index in [-0.39, 0.29) is 36.4 Å². The largest absolute Gasteiger partial charge is 0.497 e. The molecule has 1 spiro atoms. The lowest BCUT2D eigenvalue weighted by molar-refractivity contribution is -0.146. The molecule has 3 aliphatic rings. The summed E-state index contributed by atoms with van der Waals surface area (Å²) >= 11 is 0. The number of benzene rings is 4. The lowest BCUT2D eigenvalue weighted by Crippen LogP contribution is -2.46. The first-order valence-electron chi connectivity index (χ1n) is 17.4. The molecule has 5 aromatic rings.